The van der Waals surface area contributed by atoms with E-state index < -0.39 is 5.97 Å². The lowest BCUT2D eigenvalue weighted by Gasteiger charge is -2.10. The second kappa shape index (κ2) is 6.39. The Morgan fingerprint density at radius 3 is 2.57 bits per heavy atom. The van der Waals surface area contributed by atoms with Crippen LogP contribution in [-0.2, 0) is 11.2 Å². The number of benzene rings is 2. The summed E-state index contributed by atoms with van der Waals surface area (Å²) < 4.78 is 4.90. The minimum Gasteiger partial charge on any atom is -0.465 e. The van der Waals surface area contributed by atoms with Crippen molar-refractivity contribution < 1.29 is 9.53 Å². The van der Waals surface area contributed by atoms with E-state index in [0.29, 0.717) is 27.2 Å². The highest BCUT2D eigenvalue weighted by atomic mass is 35.5. The van der Waals surface area contributed by atoms with Gasteiger partial charge < -0.3 is 4.74 Å². The van der Waals surface area contributed by atoms with Crippen molar-refractivity contribution in [2.45, 2.75) is 13.3 Å². The summed E-state index contributed by atoms with van der Waals surface area (Å²) in [5.41, 5.74) is 3.96. The summed E-state index contributed by atoms with van der Waals surface area (Å²) in [6, 6.07) is 15.3. The summed E-state index contributed by atoms with van der Waals surface area (Å²) in [7, 11) is 1.37. The molecule has 0 amide bonds. The van der Waals surface area contributed by atoms with E-state index in [1.807, 2.05) is 18.2 Å². The minimum absolute atomic E-state index is 0.397. The molecule has 23 heavy (non-hydrogen) atoms. The molecule has 0 N–H and O–H groups in total. The lowest BCUT2D eigenvalue weighted by molar-refractivity contribution is 0.0603. The van der Waals surface area contributed by atoms with Gasteiger partial charge in [-0.05, 0) is 24.1 Å². The van der Waals surface area contributed by atoms with Crippen molar-refractivity contribution in [2.75, 3.05) is 7.11 Å². The van der Waals surface area contributed by atoms with Crippen molar-refractivity contribution in [3.63, 3.8) is 0 Å². The van der Waals surface area contributed by atoms with Crippen LogP contribution in [0.2, 0.25) is 5.02 Å². The third kappa shape index (κ3) is 2.92. The Hall–Kier alpha value is -2.39. The Kier molecular flexibility index (Phi) is 4.30. The molecule has 0 spiro atoms. The Balaban J connectivity index is 2.24. The number of pyridine rings is 1. The third-order valence-electron chi connectivity index (χ3n) is 3.85. The first-order chi connectivity index (χ1) is 11.1. The van der Waals surface area contributed by atoms with E-state index in [2.05, 4.69) is 24.0 Å². The fraction of sp³-hybridized carbons (Fsp3) is 0.158. The van der Waals surface area contributed by atoms with E-state index in [9.17, 15) is 4.79 Å². The number of fused-ring (bicyclic) bond motifs is 1. The van der Waals surface area contributed by atoms with Gasteiger partial charge in [0.2, 0.25) is 0 Å². The van der Waals surface area contributed by atoms with Crippen LogP contribution in [0.1, 0.15) is 22.8 Å². The predicted molar refractivity (Wildman–Crippen MR) is 92.9 cm³/mol. The second-order valence-corrected chi connectivity index (χ2v) is 5.64. The molecule has 0 radical (unpaired) electrons. The van der Waals surface area contributed by atoms with Crippen molar-refractivity contribution >= 4 is 28.5 Å². The molecule has 0 aliphatic carbocycles. The Bertz CT molecular complexity index is 872. The summed E-state index contributed by atoms with van der Waals surface area (Å²) >= 11 is 6.27. The largest absolute Gasteiger partial charge is 0.465 e. The van der Waals surface area contributed by atoms with Crippen LogP contribution in [0.4, 0.5) is 0 Å². The van der Waals surface area contributed by atoms with Gasteiger partial charge in [-0.3, -0.25) is 0 Å². The number of halogens is 1. The van der Waals surface area contributed by atoms with Gasteiger partial charge in [0.15, 0.2) is 0 Å². The lowest BCUT2D eigenvalue weighted by atomic mass is 10.0. The third-order valence-corrected chi connectivity index (χ3v) is 4.16. The molecule has 4 heteroatoms. The van der Waals surface area contributed by atoms with E-state index in [-0.39, 0.29) is 0 Å². The zero-order valence-electron chi connectivity index (χ0n) is 13.0. The molecule has 0 unspecified atom stereocenters. The van der Waals surface area contributed by atoms with Crippen LogP contribution in [0.5, 0.6) is 0 Å². The number of nitrogens with zero attached hydrogens (tertiary/aromatic N) is 1. The van der Waals surface area contributed by atoms with E-state index in [1.54, 1.807) is 18.2 Å². The van der Waals surface area contributed by atoms with Crippen LogP contribution in [0, 0.1) is 0 Å². The Labute approximate surface area is 139 Å². The number of carbonyl (C=O) groups is 1. The van der Waals surface area contributed by atoms with Crippen molar-refractivity contribution in [3.05, 3.63) is 64.7 Å². The maximum Gasteiger partial charge on any atom is 0.338 e. The van der Waals surface area contributed by atoms with Gasteiger partial charge >= 0.3 is 5.97 Å². The van der Waals surface area contributed by atoms with Gasteiger partial charge in [0.05, 0.1) is 28.9 Å². The number of para-hydroxylation sites is 1. The summed E-state index contributed by atoms with van der Waals surface area (Å²) in [6.07, 6.45) is 0.977. The smallest absolute Gasteiger partial charge is 0.338 e. The van der Waals surface area contributed by atoms with Crippen LogP contribution in [0.15, 0.2) is 48.5 Å². The number of rotatable bonds is 3. The van der Waals surface area contributed by atoms with Gasteiger partial charge in [-0.25, -0.2) is 9.78 Å². The predicted octanol–water partition coefficient (Wildman–Crippen LogP) is 4.90. The summed E-state index contributed by atoms with van der Waals surface area (Å²) in [6.45, 7) is 2.11. The molecule has 0 fully saturated rings. The maximum atomic E-state index is 12.1. The van der Waals surface area contributed by atoms with Crippen LogP contribution >= 0.6 is 11.6 Å². The average molecular weight is 326 g/mol. The zero-order valence-corrected chi connectivity index (χ0v) is 13.7. The molecule has 0 aliphatic rings. The van der Waals surface area contributed by atoms with Crippen molar-refractivity contribution in [1.29, 1.82) is 0 Å². The molecular weight excluding hydrogens is 310 g/mol. The molecule has 1 aromatic heterocycles. The molecule has 2 aromatic carbocycles. The van der Waals surface area contributed by atoms with Crippen LogP contribution in [0.3, 0.4) is 0 Å². The number of carbonyl (C=O) groups excluding carboxylic acids is 1. The van der Waals surface area contributed by atoms with Crippen LogP contribution in [0.25, 0.3) is 22.2 Å². The van der Waals surface area contributed by atoms with E-state index in [4.69, 9.17) is 16.3 Å². The standard InChI is InChI=1S/C19H16ClNO2/c1-3-12-7-9-13(10-8-12)17-11-15(19(22)23-2)14-5-4-6-16(20)18(14)21-17/h4-11H,3H2,1-2H3. The topological polar surface area (TPSA) is 39.2 Å². The monoisotopic (exact) mass is 325 g/mol. The molecular formula is C19H16ClNO2. The highest BCUT2D eigenvalue weighted by molar-refractivity contribution is 6.35. The molecule has 0 saturated carbocycles. The first kappa shape index (κ1) is 15.5. The highest BCUT2D eigenvalue weighted by Gasteiger charge is 2.15. The van der Waals surface area contributed by atoms with Gasteiger partial charge in [-0.2, -0.15) is 0 Å². The summed E-state index contributed by atoms with van der Waals surface area (Å²) in [4.78, 5) is 16.8. The van der Waals surface area contributed by atoms with Gasteiger partial charge in [-0.15, -0.1) is 0 Å². The number of hydrogen-bond donors (Lipinski definition) is 0. The van der Waals surface area contributed by atoms with Crippen LogP contribution < -0.4 is 0 Å². The summed E-state index contributed by atoms with van der Waals surface area (Å²) in [5, 5.41) is 1.21. The molecule has 0 atom stereocenters. The van der Waals surface area contributed by atoms with Crippen LogP contribution in [-0.4, -0.2) is 18.1 Å². The number of methoxy groups -OCH3 is 1. The molecule has 3 nitrogen and oxygen atoms in total. The average Bonchev–Trinajstić information content (AvgIpc) is 2.61. The fourth-order valence-corrected chi connectivity index (χ4v) is 2.77. The van der Waals surface area contributed by atoms with Crippen molar-refractivity contribution in [1.82, 2.24) is 4.98 Å². The SMILES string of the molecule is CCc1ccc(-c2cc(C(=O)OC)c3cccc(Cl)c3n2)cc1. The van der Waals surface area contributed by atoms with Crippen molar-refractivity contribution in [2.24, 2.45) is 0 Å². The molecule has 3 aromatic rings. The molecule has 1 heterocycles. The number of aryl methyl sites for hydroxylation is 1. The minimum atomic E-state index is -0.397. The van der Waals surface area contributed by atoms with Gasteiger partial charge in [0.25, 0.3) is 0 Å². The molecule has 0 saturated heterocycles. The van der Waals surface area contributed by atoms with Gasteiger partial charge in [0.1, 0.15) is 0 Å². The normalized spacial score (nSPS) is 10.7. The van der Waals surface area contributed by atoms with E-state index in [0.717, 1.165) is 12.0 Å². The summed E-state index contributed by atoms with van der Waals surface area (Å²) in [5.74, 6) is -0.397. The Morgan fingerprint density at radius 2 is 1.91 bits per heavy atom. The zero-order chi connectivity index (χ0) is 16.4. The quantitative estimate of drug-likeness (QED) is 0.643. The van der Waals surface area contributed by atoms with Gasteiger partial charge in [-0.1, -0.05) is 54.9 Å². The van der Waals surface area contributed by atoms with E-state index in [1.165, 1.54) is 12.7 Å². The Morgan fingerprint density at radius 1 is 1.17 bits per heavy atom. The number of ether oxygens (including phenoxy) is 1. The molecule has 0 aliphatic heterocycles. The lowest BCUT2D eigenvalue weighted by Crippen LogP contribution is -2.04. The second-order valence-electron chi connectivity index (χ2n) is 5.23. The molecule has 116 valence electrons. The number of hydrogen-bond acceptors (Lipinski definition) is 3. The van der Waals surface area contributed by atoms with Crippen molar-refractivity contribution in [3.8, 4) is 11.3 Å². The molecule has 0 bridgehead atoms. The first-order valence-corrected chi connectivity index (χ1v) is 7.78. The molecule has 3 rings (SSSR count). The highest BCUT2D eigenvalue weighted by Crippen LogP contribution is 2.29. The first-order valence-electron chi connectivity index (χ1n) is 7.41. The maximum absolute atomic E-state index is 12.1. The van der Waals surface area contributed by atoms with E-state index >= 15 is 0 Å². The number of esters is 1. The number of aromatic nitrogens is 1. The fourth-order valence-electron chi connectivity index (χ4n) is 2.55. The van der Waals surface area contributed by atoms with Gasteiger partial charge in [0, 0.05) is 10.9 Å².